The molecule has 0 aliphatic carbocycles. The van der Waals surface area contributed by atoms with Crippen molar-refractivity contribution in [1.82, 2.24) is 9.97 Å². The Labute approximate surface area is 94.7 Å². The molecule has 0 aliphatic rings. The second-order valence-electron chi connectivity index (χ2n) is 3.81. The van der Waals surface area contributed by atoms with Crippen LogP contribution in [-0.4, -0.2) is 29.0 Å². The van der Waals surface area contributed by atoms with E-state index >= 15 is 0 Å². The Morgan fingerprint density at radius 2 is 2.00 bits per heavy atom. The van der Waals surface area contributed by atoms with E-state index in [1.807, 2.05) is 13.8 Å². The van der Waals surface area contributed by atoms with Crippen LogP contribution in [0.25, 0.3) is 0 Å². The zero-order valence-corrected chi connectivity index (χ0v) is 9.69. The molecule has 0 fully saturated rings. The van der Waals surface area contributed by atoms with Crippen molar-refractivity contribution >= 4 is 17.5 Å². The number of hydrogen-bond acceptors (Lipinski definition) is 5. The Kier molecular flexibility index (Phi) is 4.04. The smallest absolute Gasteiger partial charge is 0.240 e. The molecule has 1 amide bonds. The standard InChI is InChI=1S/C10H17N5O/c1-6(2)9(10(11)16)15-8-5-13-4-7(12-3)14-8/h4-6,9H,1-3H3,(H2,11,16)(H2,12,14,15). The number of nitrogens with two attached hydrogens (primary N) is 1. The summed E-state index contributed by atoms with van der Waals surface area (Å²) in [4.78, 5) is 19.4. The molecule has 4 N–H and O–H groups in total. The van der Waals surface area contributed by atoms with E-state index in [0.29, 0.717) is 11.6 Å². The summed E-state index contributed by atoms with van der Waals surface area (Å²) in [6.45, 7) is 3.83. The summed E-state index contributed by atoms with van der Waals surface area (Å²) in [5.41, 5.74) is 5.29. The minimum Gasteiger partial charge on any atom is -0.372 e. The van der Waals surface area contributed by atoms with Crippen LogP contribution in [0.1, 0.15) is 13.8 Å². The topological polar surface area (TPSA) is 92.9 Å². The van der Waals surface area contributed by atoms with Gasteiger partial charge in [-0.15, -0.1) is 0 Å². The second-order valence-corrected chi connectivity index (χ2v) is 3.81. The predicted molar refractivity (Wildman–Crippen MR) is 63.0 cm³/mol. The Morgan fingerprint density at radius 1 is 1.38 bits per heavy atom. The molecular weight excluding hydrogens is 206 g/mol. The summed E-state index contributed by atoms with van der Waals surface area (Å²) in [7, 11) is 1.75. The van der Waals surface area contributed by atoms with Gasteiger partial charge in [-0.2, -0.15) is 0 Å². The third kappa shape index (κ3) is 3.08. The van der Waals surface area contributed by atoms with Gasteiger partial charge in [0.1, 0.15) is 17.7 Å². The molecule has 1 heterocycles. The van der Waals surface area contributed by atoms with Crippen LogP contribution in [0.5, 0.6) is 0 Å². The molecule has 16 heavy (non-hydrogen) atoms. The molecule has 0 aromatic carbocycles. The van der Waals surface area contributed by atoms with Crippen LogP contribution in [0.2, 0.25) is 0 Å². The quantitative estimate of drug-likeness (QED) is 0.673. The molecule has 0 bridgehead atoms. The highest BCUT2D eigenvalue weighted by Gasteiger charge is 2.19. The van der Waals surface area contributed by atoms with Gasteiger partial charge in [-0.05, 0) is 5.92 Å². The molecule has 1 unspecified atom stereocenters. The molecule has 0 aliphatic heterocycles. The van der Waals surface area contributed by atoms with E-state index in [9.17, 15) is 4.79 Å². The first kappa shape index (κ1) is 12.2. The first-order valence-corrected chi connectivity index (χ1v) is 5.10. The lowest BCUT2D eigenvalue weighted by Gasteiger charge is -2.19. The van der Waals surface area contributed by atoms with E-state index in [4.69, 9.17) is 5.73 Å². The van der Waals surface area contributed by atoms with E-state index in [-0.39, 0.29) is 5.92 Å². The second kappa shape index (κ2) is 5.29. The highest BCUT2D eigenvalue weighted by Crippen LogP contribution is 2.11. The summed E-state index contributed by atoms with van der Waals surface area (Å²) in [6, 6.07) is -0.443. The van der Waals surface area contributed by atoms with Crippen LogP contribution in [-0.2, 0) is 4.79 Å². The van der Waals surface area contributed by atoms with Gasteiger partial charge in [0, 0.05) is 7.05 Å². The van der Waals surface area contributed by atoms with Crippen molar-refractivity contribution in [1.29, 1.82) is 0 Å². The van der Waals surface area contributed by atoms with Gasteiger partial charge >= 0.3 is 0 Å². The number of amides is 1. The third-order valence-corrected chi connectivity index (χ3v) is 2.17. The van der Waals surface area contributed by atoms with E-state index in [0.717, 1.165) is 0 Å². The maximum Gasteiger partial charge on any atom is 0.240 e. The highest BCUT2D eigenvalue weighted by molar-refractivity contribution is 5.82. The average molecular weight is 223 g/mol. The van der Waals surface area contributed by atoms with E-state index in [1.165, 1.54) is 0 Å². The third-order valence-electron chi connectivity index (χ3n) is 2.17. The summed E-state index contributed by atoms with van der Waals surface area (Å²) in [6.07, 6.45) is 3.15. The van der Waals surface area contributed by atoms with Crippen LogP contribution < -0.4 is 16.4 Å². The van der Waals surface area contributed by atoms with Gasteiger partial charge < -0.3 is 16.4 Å². The van der Waals surface area contributed by atoms with Crippen LogP contribution in [0.3, 0.4) is 0 Å². The average Bonchev–Trinajstić information content (AvgIpc) is 2.25. The van der Waals surface area contributed by atoms with Crippen LogP contribution in [0, 0.1) is 5.92 Å². The SMILES string of the molecule is CNc1cncc(NC(C(N)=O)C(C)C)n1. The van der Waals surface area contributed by atoms with Crippen LogP contribution >= 0.6 is 0 Å². The predicted octanol–water partition coefficient (Wildman–Crippen LogP) is 0.440. The number of primary amides is 1. The van der Waals surface area contributed by atoms with E-state index in [1.54, 1.807) is 19.4 Å². The number of nitrogens with one attached hydrogen (secondary N) is 2. The number of rotatable bonds is 5. The van der Waals surface area contributed by atoms with Crippen molar-refractivity contribution in [2.75, 3.05) is 17.7 Å². The summed E-state index contributed by atoms with van der Waals surface area (Å²) < 4.78 is 0. The van der Waals surface area contributed by atoms with Gasteiger partial charge in [0.25, 0.3) is 0 Å². The number of aromatic nitrogens is 2. The molecule has 0 radical (unpaired) electrons. The maximum absolute atomic E-state index is 11.2. The fraction of sp³-hybridized carbons (Fsp3) is 0.500. The summed E-state index contributed by atoms with van der Waals surface area (Å²) >= 11 is 0. The zero-order valence-electron chi connectivity index (χ0n) is 9.69. The monoisotopic (exact) mass is 223 g/mol. The normalized spacial score (nSPS) is 12.2. The first-order chi connectivity index (χ1) is 7.54. The molecule has 0 saturated carbocycles. The number of hydrogen-bond donors (Lipinski definition) is 3. The maximum atomic E-state index is 11.2. The lowest BCUT2D eigenvalue weighted by atomic mass is 10.0. The van der Waals surface area contributed by atoms with Gasteiger partial charge in [-0.3, -0.25) is 9.78 Å². The lowest BCUT2D eigenvalue weighted by Crippen LogP contribution is -2.39. The van der Waals surface area contributed by atoms with Crippen molar-refractivity contribution in [2.45, 2.75) is 19.9 Å². The Morgan fingerprint density at radius 3 is 2.50 bits per heavy atom. The van der Waals surface area contributed by atoms with Crippen molar-refractivity contribution in [3.63, 3.8) is 0 Å². The Bertz CT molecular complexity index is 366. The molecule has 1 atom stereocenters. The Hall–Kier alpha value is -1.85. The first-order valence-electron chi connectivity index (χ1n) is 5.10. The molecule has 1 rings (SSSR count). The number of carbonyl (C=O) groups is 1. The fourth-order valence-electron chi connectivity index (χ4n) is 1.28. The zero-order chi connectivity index (χ0) is 12.1. The molecule has 6 heteroatoms. The molecule has 1 aromatic heterocycles. The molecule has 1 aromatic rings. The fourth-order valence-corrected chi connectivity index (χ4v) is 1.28. The van der Waals surface area contributed by atoms with Crippen molar-refractivity contribution in [3.8, 4) is 0 Å². The van der Waals surface area contributed by atoms with Gasteiger partial charge in [-0.1, -0.05) is 13.8 Å². The van der Waals surface area contributed by atoms with Gasteiger partial charge in [0.15, 0.2) is 0 Å². The number of anilines is 2. The van der Waals surface area contributed by atoms with Crippen molar-refractivity contribution < 1.29 is 4.79 Å². The van der Waals surface area contributed by atoms with Crippen LogP contribution in [0.15, 0.2) is 12.4 Å². The largest absolute Gasteiger partial charge is 0.372 e. The van der Waals surface area contributed by atoms with Gasteiger partial charge in [0.2, 0.25) is 5.91 Å². The molecule has 0 saturated heterocycles. The minimum atomic E-state index is -0.443. The van der Waals surface area contributed by atoms with Crippen molar-refractivity contribution in [2.24, 2.45) is 11.7 Å². The molecular formula is C10H17N5O. The molecule has 88 valence electrons. The molecule has 0 spiro atoms. The van der Waals surface area contributed by atoms with Gasteiger partial charge in [0.05, 0.1) is 12.4 Å². The van der Waals surface area contributed by atoms with Crippen molar-refractivity contribution in [3.05, 3.63) is 12.4 Å². The minimum absolute atomic E-state index is 0.0949. The highest BCUT2D eigenvalue weighted by atomic mass is 16.1. The number of nitrogens with zero attached hydrogens (tertiary/aromatic N) is 2. The van der Waals surface area contributed by atoms with Crippen LogP contribution in [0.4, 0.5) is 11.6 Å². The molecule has 6 nitrogen and oxygen atoms in total. The lowest BCUT2D eigenvalue weighted by molar-refractivity contribution is -0.119. The van der Waals surface area contributed by atoms with E-state index < -0.39 is 11.9 Å². The van der Waals surface area contributed by atoms with Gasteiger partial charge in [-0.25, -0.2) is 4.98 Å². The van der Waals surface area contributed by atoms with E-state index in [2.05, 4.69) is 20.6 Å². The summed E-state index contributed by atoms with van der Waals surface area (Å²) in [5, 5.41) is 5.83. The number of carbonyl (C=O) groups excluding carboxylic acids is 1. The Balaban J connectivity index is 2.81. The summed E-state index contributed by atoms with van der Waals surface area (Å²) in [5.74, 6) is 0.866.